The Morgan fingerprint density at radius 3 is 2.71 bits per heavy atom. The summed E-state index contributed by atoms with van der Waals surface area (Å²) < 4.78 is 2.21. The minimum atomic E-state index is -0.0955. The van der Waals surface area contributed by atoms with Crippen LogP contribution in [0.1, 0.15) is 24.4 Å². The van der Waals surface area contributed by atoms with Crippen molar-refractivity contribution in [2.45, 2.75) is 19.9 Å². The number of nitrogens with zero attached hydrogens (tertiary/aromatic N) is 5. The van der Waals surface area contributed by atoms with Crippen LogP contribution in [-0.2, 0) is 0 Å². The molecule has 0 bridgehead atoms. The summed E-state index contributed by atoms with van der Waals surface area (Å²) in [5.41, 5.74) is 5.77. The minimum Gasteiger partial charge on any atom is -0.358 e. The number of benzene rings is 2. The maximum Gasteiger partial charge on any atom is 0.162 e. The van der Waals surface area contributed by atoms with E-state index in [1.807, 2.05) is 18.2 Å². The van der Waals surface area contributed by atoms with Crippen LogP contribution in [-0.4, -0.2) is 29.5 Å². The predicted molar refractivity (Wildman–Crippen MR) is 110 cm³/mol. The highest BCUT2D eigenvalue weighted by molar-refractivity contribution is 5.82. The van der Waals surface area contributed by atoms with Crippen LogP contribution in [0.4, 0.5) is 5.82 Å². The van der Waals surface area contributed by atoms with Crippen LogP contribution in [0.5, 0.6) is 0 Å². The Bertz CT molecular complexity index is 1280. The zero-order valence-corrected chi connectivity index (χ0v) is 15.6. The second kappa shape index (κ2) is 6.45. The van der Waals surface area contributed by atoms with Crippen LogP contribution in [0, 0.1) is 6.92 Å². The Hall–Kier alpha value is -3.74. The predicted octanol–water partition coefficient (Wildman–Crippen LogP) is 4.17. The zero-order valence-electron chi connectivity index (χ0n) is 15.6. The lowest BCUT2D eigenvalue weighted by Gasteiger charge is -2.18. The summed E-state index contributed by atoms with van der Waals surface area (Å²) in [6.45, 7) is 4.19. The molecule has 0 saturated carbocycles. The summed E-state index contributed by atoms with van der Waals surface area (Å²) in [5.74, 6) is 1.60. The van der Waals surface area contributed by atoms with Gasteiger partial charge in [-0.05, 0) is 37.6 Å². The molecule has 0 aliphatic rings. The number of hydrogen-bond acceptors (Lipinski definition) is 5. The van der Waals surface area contributed by atoms with E-state index in [9.17, 15) is 0 Å². The third-order valence-electron chi connectivity index (χ3n) is 4.90. The average Bonchev–Trinajstić information content (AvgIpc) is 3.33. The van der Waals surface area contributed by atoms with E-state index >= 15 is 0 Å². The second-order valence-corrected chi connectivity index (χ2v) is 6.77. The SMILES string of the molecule is Cc1ccccc1-n1c(C(C)Nc2ncnc3[nH]cnc23)nc2ccccc21. The monoisotopic (exact) mass is 369 g/mol. The highest BCUT2D eigenvalue weighted by Crippen LogP contribution is 2.29. The van der Waals surface area contributed by atoms with Crippen LogP contribution in [0.15, 0.2) is 61.2 Å². The maximum absolute atomic E-state index is 4.92. The van der Waals surface area contributed by atoms with Crippen molar-refractivity contribution in [2.24, 2.45) is 0 Å². The first-order valence-electron chi connectivity index (χ1n) is 9.16. The molecule has 1 atom stereocenters. The Balaban J connectivity index is 1.65. The Kier molecular flexibility index (Phi) is 3.79. The molecule has 3 aromatic heterocycles. The number of hydrogen-bond donors (Lipinski definition) is 2. The maximum atomic E-state index is 4.92. The van der Waals surface area contributed by atoms with E-state index in [1.54, 1.807) is 6.33 Å². The number of H-pyrrole nitrogens is 1. The van der Waals surface area contributed by atoms with Crippen molar-refractivity contribution in [1.82, 2.24) is 29.5 Å². The molecule has 7 nitrogen and oxygen atoms in total. The third kappa shape index (κ3) is 2.60. The van der Waals surface area contributed by atoms with Crippen molar-refractivity contribution in [3.63, 3.8) is 0 Å². The van der Waals surface area contributed by atoms with Crippen molar-refractivity contribution in [2.75, 3.05) is 5.32 Å². The first-order chi connectivity index (χ1) is 13.7. The quantitative estimate of drug-likeness (QED) is 0.497. The number of imidazole rings is 2. The lowest BCUT2D eigenvalue weighted by molar-refractivity contribution is 0.768. The Morgan fingerprint density at radius 2 is 1.82 bits per heavy atom. The van der Waals surface area contributed by atoms with Crippen LogP contribution in [0.25, 0.3) is 27.9 Å². The van der Waals surface area contributed by atoms with E-state index in [0.717, 1.165) is 22.5 Å². The lowest BCUT2D eigenvalue weighted by Crippen LogP contribution is -2.14. The number of aryl methyl sites for hydroxylation is 1. The topological polar surface area (TPSA) is 84.3 Å². The van der Waals surface area contributed by atoms with Crippen LogP contribution in [0.3, 0.4) is 0 Å². The standard InChI is InChI=1S/C21H19N7/c1-13-7-3-5-9-16(13)28-17-10-6-4-8-15(17)27-21(28)14(2)26-20-18-19(23-11-22-18)24-12-25-20/h3-12,14H,1-2H3,(H2,22,23,24,25,26). The van der Waals surface area contributed by atoms with Crippen molar-refractivity contribution in [1.29, 1.82) is 0 Å². The van der Waals surface area contributed by atoms with Crippen LogP contribution < -0.4 is 5.32 Å². The average molecular weight is 369 g/mol. The number of aromatic nitrogens is 6. The molecule has 0 spiro atoms. The van der Waals surface area contributed by atoms with Gasteiger partial charge >= 0.3 is 0 Å². The summed E-state index contributed by atoms with van der Waals surface area (Å²) >= 11 is 0. The highest BCUT2D eigenvalue weighted by Gasteiger charge is 2.20. The van der Waals surface area contributed by atoms with E-state index in [0.29, 0.717) is 17.0 Å². The molecule has 1 unspecified atom stereocenters. The molecule has 0 saturated heterocycles. The number of para-hydroxylation sites is 3. The van der Waals surface area contributed by atoms with E-state index in [-0.39, 0.29) is 6.04 Å². The fraction of sp³-hybridized carbons (Fsp3) is 0.143. The van der Waals surface area contributed by atoms with Gasteiger partial charge in [-0.25, -0.2) is 19.9 Å². The normalized spacial score (nSPS) is 12.5. The van der Waals surface area contributed by atoms with Gasteiger partial charge < -0.3 is 10.3 Å². The van der Waals surface area contributed by atoms with E-state index < -0.39 is 0 Å². The van der Waals surface area contributed by atoms with Gasteiger partial charge in [0.1, 0.15) is 17.7 Å². The van der Waals surface area contributed by atoms with Crippen molar-refractivity contribution in [3.8, 4) is 5.69 Å². The molecule has 2 aromatic carbocycles. The van der Waals surface area contributed by atoms with Gasteiger partial charge in [0.2, 0.25) is 0 Å². The van der Waals surface area contributed by atoms with Gasteiger partial charge in [0.05, 0.1) is 29.1 Å². The van der Waals surface area contributed by atoms with Gasteiger partial charge in [-0.1, -0.05) is 30.3 Å². The van der Waals surface area contributed by atoms with Gasteiger partial charge in [0, 0.05) is 0 Å². The Labute approximate surface area is 161 Å². The van der Waals surface area contributed by atoms with Gasteiger partial charge in [-0.3, -0.25) is 4.57 Å². The number of rotatable bonds is 4. The molecule has 3 heterocycles. The molecule has 0 radical (unpaired) electrons. The molecule has 0 fully saturated rings. The Morgan fingerprint density at radius 1 is 1.00 bits per heavy atom. The van der Waals surface area contributed by atoms with Crippen molar-refractivity contribution in [3.05, 3.63) is 72.6 Å². The first-order valence-corrected chi connectivity index (χ1v) is 9.16. The van der Waals surface area contributed by atoms with Crippen molar-refractivity contribution < 1.29 is 0 Å². The molecule has 5 rings (SSSR count). The van der Waals surface area contributed by atoms with E-state index in [1.165, 1.54) is 11.9 Å². The van der Waals surface area contributed by atoms with Gasteiger partial charge in [-0.15, -0.1) is 0 Å². The fourth-order valence-electron chi connectivity index (χ4n) is 3.54. The van der Waals surface area contributed by atoms with Gasteiger partial charge in [0.25, 0.3) is 0 Å². The third-order valence-corrected chi connectivity index (χ3v) is 4.90. The fourth-order valence-corrected chi connectivity index (χ4v) is 3.54. The minimum absolute atomic E-state index is 0.0955. The molecular formula is C21H19N7. The number of nitrogens with one attached hydrogen (secondary N) is 2. The lowest BCUT2D eigenvalue weighted by atomic mass is 10.2. The summed E-state index contributed by atoms with van der Waals surface area (Å²) in [6, 6.07) is 16.4. The van der Waals surface area contributed by atoms with Crippen LogP contribution in [0.2, 0.25) is 0 Å². The zero-order chi connectivity index (χ0) is 19.1. The molecule has 0 aliphatic heterocycles. The number of anilines is 1. The second-order valence-electron chi connectivity index (χ2n) is 6.77. The summed E-state index contributed by atoms with van der Waals surface area (Å²) in [7, 11) is 0. The molecular weight excluding hydrogens is 350 g/mol. The smallest absolute Gasteiger partial charge is 0.162 e. The summed E-state index contributed by atoms with van der Waals surface area (Å²) in [4.78, 5) is 20.9. The number of fused-ring (bicyclic) bond motifs is 2. The first kappa shape index (κ1) is 16.4. The molecule has 0 amide bonds. The summed E-state index contributed by atoms with van der Waals surface area (Å²) in [6.07, 6.45) is 3.15. The van der Waals surface area contributed by atoms with Crippen LogP contribution >= 0.6 is 0 Å². The highest BCUT2D eigenvalue weighted by atomic mass is 15.2. The van der Waals surface area contributed by atoms with Gasteiger partial charge in [-0.2, -0.15) is 0 Å². The van der Waals surface area contributed by atoms with Gasteiger partial charge in [0.15, 0.2) is 11.5 Å². The molecule has 7 heteroatoms. The molecule has 0 aliphatic carbocycles. The van der Waals surface area contributed by atoms with E-state index in [2.05, 4.69) is 74.0 Å². The number of aromatic amines is 1. The molecule has 138 valence electrons. The largest absolute Gasteiger partial charge is 0.358 e. The molecule has 2 N–H and O–H groups in total. The summed E-state index contributed by atoms with van der Waals surface area (Å²) in [5, 5.41) is 3.46. The van der Waals surface area contributed by atoms with E-state index in [4.69, 9.17) is 4.98 Å². The molecule has 5 aromatic rings. The molecule has 28 heavy (non-hydrogen) atoms. The van der Waals surface area contributed by atoms with Crippen molar-refractivity contribution >= 4 is 28.0 Å².